The minimum absolute atomic E-state index is 0.0967. The van der Waals surface area contributed by atoms with Crippen molar-refractivity contribution in [2.45, 2.75) is 6.29 Å². The molecule has 2 heterocycles. The minimum atomic E-state index is -0.0967. The van der Waals surface area contributed by atoms with E-state index in [0.29, 0.717) is 17.2 Å². The molecule has 2 aromatic rings. The van der Waals surface area contributed by atoms with Gasteiger partial charge in [-0.3, -0.25) is 9.78 Å². The van der Waals surface area contributed by atoms with Gasteiger partial charge in [0.15, 0.2) is 0 Å². The number of hydrogen-bond acceptors (Lipinski definition) is 3. The first-order chi connectivity index (χ1) is 6.33. The zero-order valence-corrected chi connectivity index (χ0v) is 8.00. The fourth-order valence-corrected chi connectivity index (χ4v) is 1.41. The Morgan fingerprint density at radius 2 is 2.38 bits per heavy atom. The number of aromatic nitrogens is 3. The minimum Gasteiger partial charge on any atom is -0.267 e. The highest BCUT2D eigenvalue weighted by atomic mass is 31.0. The second-order valence-electron chi connectivity index (χ2n) is 2.57. The zero-order chi connectivity index (χ0) is 9.26. The Hall–Kier alpha value is -1.28. The van der Waals surface area contributed by atoms with Gasteiger partial charge in [0, 0.05) is 6.20 Å². The summed E-state index contributed by atoms with van der Waals surface area (Å²) >= 11 is 0. The molecule has 0 aliphatic rings. The largest absolute Gasteiger partial charge is 0.276 e. The Bertz CT molecular complexity index is 494. The third-order valence-electron chi connectivity index (χ3n) is 1.80. The number of nitrogens with zero attached hydrogens (tertiary/aromatic N) is 3. The van der Waals surface area contributed by atoms with Gasteiger partial charge in [0.2, 0.25) is 0 Å². The van der Waals surface area contributed by atoms with E-state index in [1.807, 2.05) is 0 Å². The van der Waals surface area contributed by atoms with E-state index in [1.54, 1.807) is 24.5 Å². The summed E-state index contributed by atoms with van der Waals surface area (Å²) in [5.41, 5.74) is 0.544. The van der Waals surface area contributed by atoms with Crippen molar-refractivity contribution in [3.05, 3.63) is 34.9 Å². The van der Waals surface area contributed by atoms with Gasteiger partial charge in [-0.2, -0.15) is 5.10 Å². The summed E-state index contributed by atoms with van der Waals surface area (Å²) in [7, 11) is 2.46. The van der Waals surface area contributed by atoms with E-state index in [4.69, 9.17) is 0 Å². The van der Waals surface area contributed by atoms with E-state index in [2.05, 4.69) is 19.3 Å². The lowest BCUT2D eigenvalue weighted by Crippen LogP contribution is -2.20. The summed E-state index contributed by atoms with van der Waals surface area (Å²) in [5, 5.41) is 4.56. The van der Waals surface area contributed by atoms with Gasteiger partial charge in [0.1, 0.15) is 0 Å². The summed E-state index contributed by atoms with van der Waals surface area (Å²) in [5.74, 6) is 0. The summed E-state index contributed by atoms with van der Waals surface area (Å²) in [6.45, 7) is 0. The molecule has 0 saturated carbocycles. The third-order valence-corrected chi connectivity index (χ3v) is 2.14. The van der Waals surface area contributed by atoms with Crippen LogP contribution >= 0.6 is 9.24 Å². The van der Waals surface area contributed by atoms with Gasteiger partial charge < -0.3 is 0 Å². The fraction of sp³-hybridized carbons (Fsp3) is 0.125. The summed E-state index contributed by atoms with van der Waals surface area (Å²) in [4.78, 5) is 15.6. The summed E-state index contributed by atoms with van der Waals surface area (Å²) < 4.78 is 1.38. The van der Waals surface area contributed by atoms with Gasteiger partial charge in [-0.1, -0.05) is 0 Å². The maximum Gasteiger partial charge on any atom is 0.276 e. The second-order valence-corrected chi connectivity index (χ2v) is 2.93. The lowest BCUT2D eigenvalue weighted by molar-refractivity contribution is 0.702. The molecule has 0 fully saturated rings. The van der Waals surface area contributed by atoms with Crippen LogP contribution < -0.4 is 5.56 Å². The number of rotatable bonds is 1. The van der Waals surface area contributed by atoms with Crippen LogP contribution in [0.25, 0.3) is 10.9 Å². The van der Waals surface area contributed by atoms with E-state index in [0.717, 1.165) is 0 Å². The molecular formula is C8H8N3OP. The van der Waals surface area contributed by atoms with Crippen LogP contribution in [0.2, 0.25) is 0 Å². The van der Waals surface area contributed by atoms with Crippen molar-refractivity contribution in [1.82, 2.24) is 14.8 Å². The van der Waals surface area contributed by atoms with E-state index in [-0.39, 0.29) is 5.56 Å². The van der Waals surface area contributed by atoms with Crippen LogP contribution in [0.1, 0.15) is 0 Å². The molecule has 1 atom stereocenters. The molecule has 13 heavy (non-hydrogen) atoms. The van der Waals surface area contributed by atoms with E-state index < -0.39 is 0 Å². The van der Waals surface area contributed by atoms with Crippen molar-refractivity contribution in [3.63, 3.8) is 0 Å². The van der Waals surface area contributed by atoms with Crippen LogP contribution in [0, 0.1) is 0 Å². The molecule has 0 aromatic carbocycles. The van der Waals surface area contributed by atoms with E-state index in [9.17, 15) is 4.79 Å². The van der Waals surface area contributed by atoms with Crippen molar-refractivity contribution in [2.24, 2.45) is 0 Å². The smallest absolute Gasteiger partial charge is 0.267 e. The first kappa shape index (κ1) is 8.32. The Morgan fingerprint density at radius 3 is 3.15 bits per heavy atom. The maximum absolute atomic E-state index is 11.6. The first-order valence-corrected chi connectivity index (χ1v) is 4.65. The Balaban J connectivity index is 2.87. The lowest BCUT2D eigenvalue weighted by Gasteiger charge is -2.00. The van der Waals surface area contributed by atoms with Crippen LogP contribution in [0.4, 0.5) is 0 Å². The van der Waals surface area contributed by atoms with Gasteiger partial charge in [0.25, 0.3) is 5.56 Å². The average Bonchev–Trinajstić information content (AvgIpc) is 2.19. The molecule has 4 nitrogen and oxygen atoms in total. The Labute approximate surface area is 76.8 Å². The molecule has 0 aliphatic carbocycles. The van der Waals surface area contributed by atoms with E-state index >= 15 is 0 Å². The topological polar surface area (TPSA) is 47.8 Å². The Kier molecular flexibility index (Phi) is 2.07. The molecule has 0 N–H and O–H groups in total. The quantitative estimate of drug-likeness (QED) is 0.624. The van der Waals surface area contributed by atoms with Crippen molar-refractivity contribution >= 4 is 20.1 Å². The van der Waals surface area contributed by atoms with Crippen LogP contribution in [0.5, 0.6) is 0 Å². The third kappa shape index (κ3) is 1.33. The fourth-order valence-electron chi connectivity index (χ4n) is 1.15. The number of pyridine rings is 1. The molecule has 0 bridgehead atoms. The predicted molar refractivity (Wildman–Crippen MR) is 53.5 cm³/mol. The molecule has 2 aromatic heterocycles. The van der Waals surface area contributed by atoms with Gasteiger partial charge in [-0.15, -0.1) is 9.24 Å². The van der Waals surface area contributed by atoms with Gasteiger partial charge >= 0.3 is 0 Å². The van der Waals surface area contributed by atoms with Crippen molar-refractivity contribution < 1.29 is 0 Å². The van der Waals surface area contributed by atoms with Crippen LogP contribution in [0.3, 0.4) is 0 Å². The average molecular weight is 193 g/mol. The SMILES string of the molecule is O=c1c2cccnc2cnn1CP. The van der Waals surface area contributed by atoms with Crippen molar-refractivity contribution in [3.8, 4) is 0 Å². The highest BCUT2D eigenvalue weighted by Gasteiger charge is 2.01. The molecular weight excluding hydrogens is 185 g/mol. The monoisotopic (exact) mass is 193 g/mol. The molecule has 0 amide bonds. The number of hydrogen-bond donors (Lipinski definition) is 0. The summed E-state index contributed by atoms with van der Waals surface area (Å²) in [6, 6.07) is 3.50. The number of fused-ring (bicyclic) bond motifs is 1. The molecule has 0 aliphatic heterocycles. The molecule has 0 saturated heterocycles. The highest BCUT2D eigenvalue weighted by molar-refractivity contribution is 7.15. The first-order valence-electron chi connectivity index (χ1n) is 3.84. The lowest BCUT2D eigenvalue weighted by atomic mass is 10.3. The molecule has 66 valence electrons. The van der Waals surface area contributed by atoms with Crippen molar-refractivity contribution in [2.75, 3.05) is 0 Å². The van der Waals surface area contributed by atoms with Gasteiger partial charge in [-0.05, 0) is 12.1 Å². The maximum atomic E-state index is 11.6. The summed E-state index contributed by atoms with van der Waals surface area (Å²) in [6.07, 6.45) is 3.75. The van der Waals surface area contributed by atoms with Crippen LogP contribution in [0.15, 0.2) is 29.3 Å². The standard InChI is InChI=1S/C8H8N3OP/c12-8-6-2-1-3-9-7(6)4-10-11(8)5-13/h1-4H,5,13H2. The van der Waals surface area contributed by atoms with Gasteiger partial charge in [0.05, 0.1) is 23.4 Å². The molecule has 0 spiro atoms. The second kappa shape index (κ2) is 3.23. The predicted octanol–water partition coefficient (Wildman–Crippen LogP) is 0.624. The van der Waals surface area contributed by atoms with E-state index in [1.165, 1.54) is 4.68 Å². The van der Waals surface area contributed by atoms with Crippen LogP contribution in [-0.2, 0) is 6.29 Å². The zero-order valence-electron chi connectivity index (χ0n) is 6.84. The highest BCUT2D eigenvalue weighted by Crippen LogP contribution is 2.02. The molecule has 2 rings (SSSR count). The van der Waals surface area contributed by atoms with Crippen molar-refractivity contribution in [1.29, 1.82) is 0 Å². The van der Waals surface area contributed by atoms with Crippen LogP contribution in [-0.4, -0.2) is 14.8 Å². The normalized spacial score (nSPS) is 10.5. The van der Waals surface area contributed by atoms with Gasteiger partial charge in [-0.25, -0.2) is 4.68 Å². The molecule has 0 radical (unpaired) electrons. The molecule has 5 heteroatoms. The Morgan fingerprint density at radius 1 is 1.54 bits per heavy atom. The molecule has 1 unspecified atom stereocenters.